The number of hydrogen-bond acceptors (Lipinski definition) is 3. The number of aromatic amines is 1. The first-order valence-electron chi connectivity index (χ1n) is 7.16. The molecule has 110 valence electrons. The van der Waals surface area contributed by atoms with Gasteiger partial charge in [0.25, 0.3) is 0 Å². The summed E-state index contributed by atoms with van der Waals surface area (Å²) >= 11 is 0. The predicted molar refractivity (Wildman–Crippen MR) is 84.4 cm³/mol. The third-order valence-corrected chi connectivity index (χ3v) is 3.36. The van der Waals surface area contributed by atoms with Crippen LogP contribution in [0.4, 0.5) is 5.69 Å². The molecule has 4 heteroatoms. The first-order valence-corrected chi connectivity index (χ1v) is 7.16. The molecule has 0 aliphatic rings. The Balaban J connectivity index is 2.17. The van der Waals surface area contributed by atoms with E-state index in [2.05, 4.69) is 61.2 Å². The Kier molecular flexibility index (Phi) is 4.33. The van der Waals surface area contributed by atoms with Gasteiger partial charge in [0.1, 0.15) is 5.82 Å². The lowest BCUT2D eigenvalue weighted by Crippen LogP contribution is -2.16. The van der Waals surface area contributed by atoms with Crippen LogP contribution in [0.5, 0.6) is 0 Å². The monoisotopic (exact) mass is 275 g/mol. The Morgan fingerprint density at radius 1 is 1.35 bits per heavy atom. The Bertz CT molecular complexity index is 569. The fourth-order valence-electron chi connectivity index (χ4n) is 2.11. The van der Waals surface area contributed by atoms with Crippen molar-refractivity contribution in [1.29, 1.82) is 0 Å². The van der Waals surface area contributed by atoms with Crippen molar-refractivity contribution >= 4 is 16.7 Å². The molecule has 1 heterocycles. The van der Waals surface area contributed by atoms with Gasteiger partial charge in [-0.15, -0.1) is 0 Å². The molecular weight excluding hydrogens is 250 g/mol. The van der Waals surface area contributed by atoms with E-state index in [1.54, 1.807) is 7.11 Å². The SMILES string of the molecule is COCCC(C)Nc1ccc2nc(C(C)(C)C)[nH]c2c1. The van der Waals surface area contributed by atoms with Crippen molar-refractivity contribution in [2.45, 2.75) is 45.6 Å². The number of methoxy groups -OCH3 is 1. The van der Waals surface area contributed by atoms with Crippen molar-refractivity contribution in [2.75, 3.05) is 19.0 Å². The lowest BCUT2D eigenvalue weighted by molar-refractivity contribution is 0.191. The lowest BCUT2D eigenvalue weighted by atomic mass is 9.96. The van der Waals surface area contributed by atoms with Gasteiger partial charge in [0.05, 0.1) is 11.0 Å². The van der Waals surface area contributed by atoms with Crippen LogP contribution in [0, 0.1) is 0 Å². The van der Waals surface area contributed by atoms with E-state index in [1.165, 1.54) is 0 Å². The molecular formula is C16H25N3O. The van der Waals surface area contributed by atoms with Crippen molar-refractivity contribution in [3.05, 3.63) is 24.0 Å². The van der Waals surface area contributed by atoms with E-state index < -0.39 is 0 Å². The van der Waals surface area contributed by atoms with E-state index in [0.717, 1.165) is 35.6 Å². The van der Waals surface area contributed by atoms with Crippen LogP contribution >= 0.6 is 0 Å². The van der Waals surface area contributed by atoms with Gasteiger partial charge in [-0.05, 0) is 31.5 Å². The zero-order chi connectivity index (χ0) is 14.8. The number of fused-ring (bicyclic) bond motifs is 1. The highest BCUT2D eigenvalue weighted by Crippen LogP contribution is 2.24. The number of nitrogens with zero attached hydrogens (tertiary/aromatic N) is 1. The Morgan fingerprint density at radius 2 is 2.10 bits per heavy atom. The normalized spacial score (nSPS) is 13.7. The van der Waals surface area contributed by atoms with Crippen LogP contribution in [0.15, 0.2) is 18.2 Å². The molecule has 1 unspecified atom stereocenters. The third-order valence-electron chi connectivity index (χ3n) is 3.36. The Hall–Kier alpha value is -1.55. The van der Waals surface area contributed by atoms with Crippen molar-refractivity contribution in [2.24, 2.45) is 0 Å². The topological polar surface area (TPSA) is 49.9 Å². The average Bonchev–Trinajstić information content (AvgIpc) is 2.79. The van der Waals surface area contributed by atoms with Gasteiger partial charge in [0.15, 0.2) is 0 Å². The number of hydrogen-bond donors (Lipinski definition) is 2. The fraction of sp³-hybridized carbons (Fsp3) is 0.562. The summed E-state index contributed by atoms with van der Waals surface area (Å²) in [7, 11) is 1.73. The second-order valence-electron chi connectivity index (χ2n) is 6.39. The van der Waals surface area contributed by atoms with Crippen molar-refractivity contribution in [3.8, 4) is 0 Å². The molecule has 0 spiro atoms. The van der Waals surface area contributed by atoms with Gasteiger partial charge in [-0.2, -0.15) is 0 Å². The third kappa shape index (κ3) is 3.51. The minimum absolute atomic E-state index is 0.0400. The number of benzene rings is 1. The van der Waals surface area contributed by atoms with E-state index in [1.807, 2.05) is 0 Å². The molecule has 0 saturated heterocycles. The largest absolute Gasteiger partial charge is 0.385 e. The minimum Gasteiger partial charge on any atom is -0.385 e. The quantitative estimate of drug-likeness (QED) is 0.874. The average molecular weight is 275 g/mol. The second-order valence-corrected chi connectivity index (χ2v) is 6.39. The number of imidazole rings is 1. The molecule has 0 fully saturated rings. The molecule has 1 atom stereocenters. The maximum Gasteiger partial charge on any atom is 0.112 e. The van der Waals surface area contributed by atoms with Crippen molar-refractivity contribution in [3.63, 3.8) is 0 Å². The summed E-state index contributed by atoms with van der Waals surface area (Å²) in [6.45, 7) is 9.43. The maximum atomic E-state index is 5.11. The van der Waals surface area contributed by atoms with Crippen LogP contribution in [-0.2, 0) is 10.2 Å². The number of rotatable bonds is 5. The number of aromatic nitrogens is 2. The summed E-state index contributed by atoms with van der Waals surface area (Å²) in [5, 5.41) is 3.49. The molecule has 0 aliphatic heterocycles. The van der Waals surface area contributed by atoms with Crippen LogP contribution in [0.1, 0.15) is 39.9 Å². The van der Waals surface area contributed by atoms with E-state index in [0.29, 0.717) is 6.04 Å². The van der Waals surface area contributed by atoms with Gasteiger partial charge in [0.2, 0.25) is 0 Å². The molecule has 0 saturated carbocycles. The van der Waals surface area contributed by atoms with Crippen molar-refractivity contribution in [1.82, 2.24) is 9.97 Å². The van der Waals surface area contributed by atoms with Crippen LogP contribution < -0.4 is 5.32 Å². The molecule has 0 bridgehead atoms. The number of ether oxygens (including phenoxy) is 1. The van der Waals surface area contributed by atoms with Gasteiger partial charge in [-0.25, -0.2) is 4.98 Å². The first kappa shape index (κ1) is 14.9. The highest BCUT2D eigenvalue weighted by molar-refractivity contribution is 5.79. The number of anilines is 1. The predicted octanol–water partition coefficient (Wildman–Crippen LogP) is 3.70. The standard InChI is InChI=1S/C16H25N3O/c1-11(8-9-20-5)17-12-6-7-13-14(10-12)19-15(18-13)16(2,3)4/h6-7,10-11,17H,8-9H2,1-5H3,(H,18,19). The molecule has 4 nitrogen and oxygen atoms in total. The molecule has 2 aromatic rings. The fourth-order valence-corrected chi connectivity index (χ4v) is 2.11. The van der Waals surface area contributed by atoms with Crippen LogP contribution in [-0.4, -0.2) is 29.7 Å². The molecule has 0 radical (unpaired) electrons. The summed E-state index contributed by atoms with van der Waals surface area (Å²) < 4.78 is 5.11. The summed E-state index contributed by atoms with van der Waals surface area (Å²) in [5.74, 6) is 1.03. The smallest absolute Gasteiger partial charge is 0.112 e. The first-order chi connectivity index (χ1) is 9.40. The van der Waals surface area contributed by atoms with E-state index in [9.17, 15) is 0 Å². The van der Waals surface area contributed by atoms with Gasteiger partial charge in [-0.3, -0.25) is 0 Å². The molecule has 1 aromatic heterocycles. The summed E-state index contributed by atoms with van der Waals surface area (Å²) in [5.41, 5.74) is 3.26. The minimum atomic E-state index is 0.0400. The highest BCUT2D eigenvalue weighted by atomic mass is 16.5. The zero-order valence-electron chi connectivity index (χ0n) is 13.1. The van der Waals surface area contributed by atoms with Gasteiger partial charge >= 0.3 is 0 Å². The van der Waals surface area contributed by atoms with Crippen LogP contribution in [0.25, 0.3) is 11.0 Å². The number of H-pyrrole nitrogens is 1. The van der Waals surface area contributed by atoms with Crippen LogP contribution in [0.3, 0.4) is 0 Å². The van der Waals surface area contributed by atoms with Crippen molar-refractivity contribution < 1.29 is 4.74 Å². The Morgan fingerprint density at radius 3 is 2.75 bits per heavy atom. The number of nitrogens with one attached hydrogen (secondary N) is 2. The summed E-state index contributed by atoms with van der Waals surface area (Å²) in [6.07, 6.45) is 0.991. The molecule has 20 heavy (non-hydrogen) atoms. The maximum absolute atomic E-state index is 5.11. The van der Waals surface area contributed by atoms with E-state index in [-0.39, 0.29) is 5.41 Å². The van der Waals surface area contributed by atoms with Gasteiger partial charge in [-0.1, -0.05) is 20.8 Å². The zero-order valence-corrected chi connectivity index (χ0v) is 13.1. The lowest BCUT2D eigenvalue weighted by Gasteiger charge is -2.14. The van der Waals surface area contributed by atoms with E-state index in [4.69, 9.17) is 4.74 Å². The molecule has 2 N–H and O–H groups in total. The molecule has 0 amide bonds. The van der Waals surface area contributed by atoms with E-state index >= 15 is 0 Å². The molecule has 0 aliphatic carbocycles. The summed E-state index contributed by atoms with van der Waals surface area (Å²) in [4.78, 5) is 8.07. The second kappa shape index (κ2) is 5.83. The molecule has 2 rings (SSSR count). The summed E-state index contributed by atoms with van der Waals surface area (Å²) in [6, 6.07) is 6.66. The van der Waals surface area contributed by atoms with Crippen LogP contribution in [0.2, 0.25) is 0 Å². The Labute approximate surface area is 120 Å². The highest BCUT2D eigenvalue weighted by Gasteiger charge is 2.18. The molecule has 1 aromatic carbocycles. The van der Waals surface area contributed by atoms with Gasteiger partial charge in [0, 0.05) is 30.9 Å². The van der Waals surface area contributed by atoms with Gasteiger partial charge < -0.3 is 15.0 Å².